The standard InChI is InChI=1S/C26H30N2O6/c29-14-16-6-5-11-22(16)27-25(32)23(12-13-24(30)31)28-26(33)34-15-21-19-9-3-1-7-17(19)18-8-2-4-10-20(18)21/h1-4,7-10,16,21-23,29H,5-6,11-15H2,(H,27,32)(H,28,33)(H,30,31)/t16-,22-,23?/m0/s1. The summed E-state index contributed by atoms with van der Waals surface area (Å²) in [7, 11) is 0. The monoisotopic (exact) mass is 466 g/mol. The third-order valence-corrected chi connectivity index (χ3v) is 6.82. The summed E-state index contributed by atoms with van der Waals surface area (Å²) in [6, 6.07) is 14.8. The van der Waals surface area contributed by atoms with E-state index in [0.29, 0.717) is 0 Å². The van der Waals surface area contributed by atoms with E-state index in [1.54, 1.807) is 0 Å². The number of carboxylic acid groups (broad SMARTS) is 1. The number of fused-ring (bicyclic) bond motifs is 3. The summed E-state index contributed by atoms with van der Waals surface area (Å²) in [5.41, 5.74) is 4.38. The van der Waals surface area contributed by atoms with Crippen molar-refractivity contribution in [2.75, 3.05) is 13.2 Å². The van der Waals surface area contributed by atoms with Crippen molar-refractivity contribution in [1.29, 1.82) is 0 Å². The second-order valence-electron chi connectivity index (χ2n) is 8.94. The summed E-state index contributed by atoms with van der Waals surface area (Å²) in [6.07, 6.45) is 1.37. The minimum absolute atomic E-state index is 0.0233. The summed E-state index contributed by atoms with van der Waals surface area (Å²) >= 11 is 0. The van der Waals surface area contributed by atoms with Gasteiger partial charge in [-0.1, -0.05) is 55.0 Å². The number of alkyl carbamates (subject to hydrolysis) is 1. The number of carboxylic acids is 1. The molecule has 8 nitrogen and oxygen atoms in total. The molecule has 2 aromatic rings. The number of hydrogen-bond donors (Lipinski definition) is 4. The van der Waals surface area contributed by atoms with Crippen molar-refractivity contribution in [3.8, 4) is 11.1 Å². The van der Waals surface area contributed by atoms with Gasteiger partial charge in [0.05, 0.1) is 0 Å². The van der Waals surface area contributed by atoms with Gasteiger partial charge in [-0.15, -0.1) is 0 Å². The lowest BCUT2D eigenvalue weighted by molar-refractivity contribution is -0.137. The first-order valence-electron chi connectivity index (χ1n) is 11.7. The third kappa shape index (κ3) is 5.22. The molecule has 0 aromatic heterocycles. The predicted molar refractivity (Wildman–Crippen MR) is 125 cm³/mol. The Labute approximate surface area is 198 Å². The molecule has 34 heavy (non-hydrogen) atoms. The largest absolute Gasteiger partial charge is 0.481 e. The van der Waals surface area contributed by atoms with E-state index in [1.807, 2.05) is 48.5 Å². The van der Waals surface area contributed by atoms with Crippen molar-refractivity contribution in [1.82, 2.24) is 10.6 Å². The lowest BCUT2D eigenvalue weighted by Crippen LogP contribution is -2.51. The van der Waals surface area contributed by atoms with Crippen LogP contribution in [0.5, 0.6) is 0 Å². The van der Waals surface area contributed by atoms with Gasteiger partial charge in [0.1, 0.15) is 12.6 Å². The van der Waals surface area contributed by atoms with Crippen LogP contribution < -0.4 is 10.6 Å². The first-order chi connectivity index (χ1) is 16.5. The van der Waals surface area contributed by atoms with Crippen LogP contribution >= 0.6 is 0 Å². The van der Waals surface area contributed by atoms with E-state index in [0.717, 1.165) is 41.5 Å². The Bertz CT molecular complexity index is 1010. The topological polar surface area (TPSA) is 125 Å². The van der Waals surface area contributed by atoms with Crippen molar-refractivity contribution in [2.45, 2.75) is 50.1 Å². The van der Waals surface area contributed by atoms with Gasteiger partial charge in [0.2, 0.25) is 5.91 Å². The molecule has 180 valence electrons. The van der Waals surface area contributed by atoms with Crippen LogP contribution in [-0.4, -0.2) is 53.5 Å². The number of ether oxygens (including phenoxy) is 1. The minimum Gasteiger partial charge on any atom is -0.481 e. The Kier molecular flexibility index (Phi) is 7.47. The van der Waals surface area contributed by atoms with Crippen LogP contribution in [0.1, 0.15) is 49.1 Å². The van der Waals surface area contributed by atoms with E-state index >= 15 is 0 Å². The zero-order chi connectivity index (χ0) is 24.1. The quantitative estimate of drug-likeness (QED) is 0.450. The number of aliphatic hydroxyl groups is 1. The molecule has 2 aromatic carbocycles. The molecule has 1 saturated carbocycles. The summed E-state index contributed by atoms with van der Waals surface area (Å²) in [6.45, 7) is 0.0763. The highest BCUT2D eigenvalue weighted by Crippen LogP contribution is 2.44. The van der Waals surface area contributed by atoms with Gasteiger partial charge >= 0.3 is 12.1 Å². The number of carbonyl (C=O) groups is 3. The smallest absolute Gasteiger partial charge is 0.407 e. The molecule has 3 atom stereocenters. The number of amides is 2. The van der Waals surface area contributed by atoms with E-state index < -0.39 is 24.0 Å². The van der Waals surface area contributed by atoms with Crippen molar-refractivity contribution in [3.05, 3.63) is 59.7 Å². The maximum Gasteiger partial charge on any atom is 0.407 e. The van der Waals surface area contributed by atoms with Gasteiger partial charge in [-0.2, -0.15) is 0 Å². The number of aliphatic hydroxyl groups excluding tert-OH is 1. The molecule has 0 radical (unpaired) electrons. The predicted octanol–water partition coefficient (Wildman–Crippen LogP) is 3.04. The Balaban J connectivity index is 1.40. The van der Waals surface area contributed by atoms with Crippen LogP contribution in [-0.2, 0) is 14.3 Å². The molecule has 1 unspecified atom stereocenters. The number of carbonyl (C=O) groups excluding carboxylic acids is 2. The molecule has 2 aliphatic carbocycles. The number of aliphatic carboxylic acids is 1. The van der Waals surface area contributed by atoms with Crippen LogP contribution in [0.25, 0.3) is 11.1 Å². The Morgan fingerprint density at radius 3 is 2.26 bits per heavy atom. The summed E-state index contributed by atoms with van der Waals surface area (Å²) in [4.78, 5) is 36.6. The highest BCUT2D eigenvalue weighted by Gasteiger charge is 2.32. The second-order valence-corrected chi connectivity index (χ2v) is 8.94. The molecular formula is C26H30N2O6. The van der Waals surface area contributed by atoms with Crippen LogP contribution in [0, 0.1) is 5.92 Å². The number of nitrogens with one attached hydrogen (secondary N) is 2. The molecule has 0 saturated heterocycles. The van der Waals surface area contributed by atoms with Gasteiger partial charge in [0.15, 0.2) is 0 Å². The highest BCUT2D eigenvalue weighted by molar-refractivity contribution is 5.86. The molecule has 0 aliphatic heterocycles. The first kappa shape index (κ1) is 23.8. The third-order valence-electron chi connectivity index (χ3n) is 6.82. The van der Waals surface area contributed by atoms with Gasteiger partial charge < -0.3 is 25.6 Å². The molecule has 2 aliphatic rings. The Morgan fingerprint density at radius 2 is 1.65 bits per heavy atom. The van der Waals surface area contributed by atoms with Crippen molar-refractivity contribution in [3.63, 3.8) is 0 Å². The Hall–Kier alpha value is -3.39. The van der Waals surface area contributed by atoms with Crippen LogP contribution in [0.4, 0.5) is 4.79 Å². The summed E-state index contributed by atoms with van der Waals surface area (Å²) < 4.78 is 5.52. The van der Waals surface area contributed by atoms with Gasteiger partial charge in [-0.3, -0.25) is 9.59 Å². The average molecular weight is 467 g/mol. The average Bonchev–Trinajstić information content (AvgIpc) is 3.42. The normalized spacial score (nSPS) is 19.7. The fourth-order valence-electron chi connectivity index (χ4n) is 5.05. The highest BCUT2D eigenvalue weighted by atomic mass is 16.5. The lowest BCUT2D eigenvalue weighted by Gasteiger charge is -2.24. The van der Waals surface area contributed by atoms with E-state index in [2.05, 4.69) is 10.6 Å². The van der Waals surface area contributed by atoms with Gasteiger partial charge in [-0.25, -0.2) is 4.79 Å². The molecule has 1 fully saturated rings. The zero-order valence-electron chi connectivity index (χ0n) is 18.9. The number of benzene rings is 2. The first-order valence-corrected chi connectivity index (χ1v) is 11.7. The van der Waals surface area contributed by atoms with Crippen molar-refractivity contribution in [2.24, 2.45) is 5.92 Å². The lowest BCUT2D eigenvalue weighted by atomic mass is 9.98. The molecule has 0 bridgehead atoms. The van der Waals surface area contributed by atoms with E-state index in [9.17, 15) is 19.5 Å². The number of rotatable bonds is 9. The van der Waals surface area contributed by atoms with E-state index in [1.165, 1.54) is 0 Å². The maximum atomic E-state index is 12.8. The Morgan fingerprint density at radius 1 is 1.00 bits per heavy atom. The van der Waals surface area contributed by atoms with E-state index in [4.69, 9.17) is 9.84 Å². The molecule has 4 N–H and O–H groups in total. The molecule has 8 heteroatoms. The van der Waals surface area contributed by atoms with Gasteiger partial charge in [0.25, 0.3) is 0 Å². The van der Waals surface area contributed by atoms with Crippen molar-refractivity contribution >= 4 is 18.0 Å². The fourth-order valence-corrected chi connectivity index (χ4v) is 5.05. The second kappa shape index (κ2) is 10.7. The molecule has 2 amide bonds. The van der Waals surface area contributed by atoms with Crippen molar-refractivity contribution < 1.29 is 29.3 Å². The van der Waals surface area contributed by atoms with Gasteiger partial charge in [0, 0.05) is 30.9 Å². The maximum absolute atomic E-state index is 12.8. The SMILES string of the molecule is O=C(O)CCC(NC(=O)OCC1c2ccccc2-c2ccccc21)C(=O)N[C@H]1CCC[C@H]1CO. The van der Waals surface area contributed by atoms with E-state index in [-0.39, 0.29) is 43.9 Å². The molecule has 0 spiro atoms. The molecule has 4 rings (SSSR count). The molecule has 0 heterocycles. The summed E-state index contributed by atoms with van der Waals surface area (Å²) in [5.74, 6) is -1.66. The van der Waals surface area contributed by atoms with Crippen LogP contribution in [0.3, 0.4) is 0 Å². The minimum atomic E-state index is -1.05. The summed E-state index contributed by atoms with van der Waals surface area (Å²) in [5, 5.41) is 24.0. The van der Waals surface area contributed by atoms with Crippen LogP contribution in [0.2, 0.25) is 0 Å². The molecular weight excluding hydrogens is 436 g/mol. The van der Waals surface area contributed by atoms with Crippen LogP contribution in [0.15, 0.2) is 48.5 Å². The van der Waals surface area contributed by atoms with Gasteiger partial charge in [-0.05, 0) is 41.5 Å². The fraction of sp³-hybridized carbons (Fsp3) is 0.423. The zero-order valence-corrected chi connectivity index (χ0v) is 18.9. The number of hydrogen-bond acceptors (Lipinski definition) is 5.